The third-order valence-electron chi connectivity index (χ3n) is 4.91. The van der Waals surface area contributed by atoms with Crippen molar-refractivity contribution in [1.29, 1.82) is 0 Å². The van der Waals surface area contributed by atoms with Crippen LogP contribution in [0.4, 0.5) is 4.79 Å². The van der Waals surface area contributed by atoms with Gasteiger partial charge in [0.15, 0.2) is 0 Å². The van der Waals surface area contributed by atoms with Gasteiger partial charge in [-0.05, 0) is 51.0 Å². The lowest BCUT2D eigenvalue weighted by atomic mass is 9.99. The molecule has 0 aliphatic carbocycles. The standard InChI is InChI=1S/C24H27NO6/c1-6-14(2)20(25-23(28)31-24(3,4)5)22(27)29-15-11-12-17-19(13-15)30-18-10-8-7-9-16(18)21(17)26/h7-14,20H,6H2,1-5H3,(H,25,28)/t14-,20-/m0/s1. The first-order valence-electron chi connectivity index (χ1n) is 10.3. The second-order valence-electron chi connectivity index (χ2n) is 8.52. The van der Waals surface area contributed by atoms with Gasteiger partial charge in [-0.3, -0.25) is 4.79 Å². The molecule has 0 unspecified atom stereocenters. The molecule has 0 radical (unpaired) electrons. The van der Waals surface area contributed by atoms with Crippen molar-refractivity contribution in [3.8, 4) is 5.75 Å². The minimum atomic E-state index is -0.890. The zero-order chi connectivity index (χ0) is 22.8. The molecule has 7 heteroatoms. The average molecular weight is 425 g/mol. The fourth-order valence-electron chi connectivity index (χ4n) is 3.13. The molecule has 7 nitrogen and oxygen atoms in total. The molecule has 1 heterocycles. The van der Waals surface area contributed by atoms with Gasteiger partial charge in [0.05, 0.1) is 10.8 Å². The van der Waals surface area contributed by atoms with Crippen LogP contribution < -0.4 is 15.5 Å². The van der Waals surface area contributed by atoms with E-state index >= 15 is 0 Å². The SMILES string of the molecule is CC[C@H](C)[C@H](NC(=O)OC(C)(C)C)C(=O)Oc1ccc2c(=O)c3ccccc3oc2c1. The summed E-state index contributed by atoms with van der Waals surface area (Å²) in [6.07, 6.45) is -0.0422. The minimum absolute atomic E-state index is 0.154. The van der Waals surface area contributed by atoms with Gasteiger partial charge >= 0.3 is 12.1 Å². The molecule has 2 aromatic carbocycles. The minimum Gasteiger partial charge on any atom is -0.456 e. The van der Waals surface area contributed by atoms with Gasteiger partial charge in [0.25, 0.3) is 0 Å². The second kappa shape index (κ2) is 8.79. The van der Waals surface area contributed by atoms with Crippen molar-refractivity contribution < 1.29 is 23.5 Å². The summed E-state index contributed by atoms with van der Waals surface area (Å²) in [5.41, 5.74) is -0.0762. The third kappa shape index (κ3) is 5.23. The Kier molecular flexibility index (Phi) is 6.34. The number of nitrogens with one attached hydrogen (secondary N) is 1. The van der Waals surface area contributed by atoms with E-state index in [1.807, 2.05) is 13.8 Å². The van der Waals surface area contributed by atoms with E-state index in [9.17, 15) is 14.4 Å². The third-order valence-corrected chi connectivity index (χ3v) is 4.91. The largest absolute Gasteiger partial charge is 0.456 e. The predicted octanol–water partition coefficient (Wildman–Crippen LogP) is 4.79. The normalized spacial score (nSPS) is 13.6. The molecule has 1 N–H and O–H groups in total. The van der Waals surface area contributed by atoms with Crippen molar-refractivity contribution in [2.75, 3.05) is 0 Å². The molecule has 3 rings (SSSR count). The summed E-state index contributed by atoms with van der Waals surface area (Å²) in [7, 11) is 0. The molecule has 3 aromatic rings. The molecule has 2 atom stereocenters. The van der Waals surface area contributed by atoms with Gasteiger partial charge in [0, 0.05) is 6.07 Å². The van der Waals surface area contributed by atoms with E-state index < -0.39 is 23.7 Å². The van der Waals surface area contributed by atoms with Gasteiger partial charge in [-0.15, -0.1) is 0 Å². The number of carbonyl (C=O) groups excluding carboxylic acids is 2. The summed E-state index contributed by atoms with van der Waals surface area (Å²) in [6.45, 7) is 8.99. The fourth-order valence-corrected chi connectivity index (χ4v) is 3.13. The van der Waals surface area contributed by atoms with Crippen LogP contribution in [0.15, 0.2) is 51.7 Å². The summed E-state index contributed by atoms with van der Waals surface area (Å²) in [4.78, 5) is 37.7. The molecule has 1 amide bonds. The molecular weight excluding hydrogens is 398 g/mol. The summed E-state index contributed by atoms with van der Waals surface area (Å²) < 4.78 is 16.6. The van der Waals surface area contributed by atoms with E-state index in [4.69, 9.17) is 13.9 Å². The molecular formula is C24H27NO6. The number of para-hydroxylation sites is 1. The molecule has 1 aromatic heterocycles. The lowest BCUT2D eigenvalue weighted by Gasteiger charge is -2.25. The zero-order valence-electron chi connectivity index (χ0n) is 18.4. The first-order valence-corrected chi connectivity index (χ1v) is 10.3. The zero-order valence-corrected chi connectivity index (χ0v) is 18.4. The van der Waals surface area contributed by atoms with Crippen LogP contribution in [-0.2, 0) is 9.53 Å². The number of amides is 1. The highest BCUT2D eigenvalue weighted by Gasteiger charge is 2.30. The number of ether oxygens (including phenoxy) is 2. The highest BCUT2D eigenvalue weighted by atomic mass is 16.6. The van der Waals surface area contributed by atoms with Crippen molar-refractivity contribution in [3.63, 3.8) is 0 Å². The van der Waals surface area contributed by atoms with Crippen LogP contribution >= 0.6 is 0 Å². The number of benzene rings is 2. The first-order chi connectivity index (χ1) is 14.6. The maximum absolute atomic E-state index is 12.8. The van der Waals surface area contributed by atoms with Gasteiger partial charge in [-0.2, -0.15) is 0 Å². The van der Waals surface area contributed by atoms with Crippen molar-refractivity contribution in [2.24, 2.45) is 5.92 Å². The lowest BCUT2D eigenvalue weighted by Crippen LogP contribution is -2.48. The highest BCUT2D eigenvalue weighted by molar-refractivity contribution is 5.91. The smallest absolute Gasteiger partial charge is 0.408 e. The molecule has 0 saturated heterocycles. The maximum Gasteiger partial charge on any atom is 0.408 e. The van der Waals surface area contributed by atoms with Crippen LogP contribution in [0.1, 0.15) is 41.0 Å². The predicted molar refractivity (Wildman–Crippen MR) is 118 cm³/mol. The molecule has 164 valence electrons. The quantitative estimate of drug-likeness (QED) is 0.359. The lowest BCUT2D eigenvalue weighted by molar-refractivity contribution is -0.138. The van der Waals surface area contributed by atoms with Crippen LogP contribution in [0, 0.1) is 5.92 Å². The van der Waals surface area contributed by atoms with E-state index in [1.165, 1.54) is 12.1 Å². The molecule has 0 aliphatic rings. The summed E-state index contributed by atoms with van der Waals surface area (Å²) in [5, 5.41) is 3.48. The van der Waals surface area contributed by atoms with E-state index in [2.05, 4.69) is 5.32 Å². The topological polar surface area (TPSA) is 94.8 Å². The van der Waals surface area contributed by atoms with Gasteiger partial charge in [0.2, 0.25) is 5.43 Å². The van der Waals surface area contributed by atoms with Gasteiger partial charge in [-0.25, -0.2) is 9.59 Å². The Morgan fingerprint density at radius 2 is 1.74 bits per heavy atom. The van der Waals surface area contributed by atoms with Crippen molar-refractivity contribution in [2.45, 2.75) is 52.7 Å². The van der Waals surface area contributed by atoms with Crippen molar-refractivity contribution in [1.82, 2.24) is 5.32 Å². The Balaban J connectivity index is 1.86. The maximum atomic E-state index is 12.8. The summed E-state index contributed by atoms with van der Waals surface area (Å²) in [6, 6.07) is 10.7. The van der Waals surface area contributed by atoms with Gasteiger partial charge in [-0.1, -0.05) is 32.4 Å². The summed E-state index contributed by atoms with van der Waals surface area (Å²) >= 11 is 0. The number of carbonyl (C=O) groups is 2. The Labute approximate surface area is 180 Å². The molecule has 0 fully saturated rings. The summed E-state index contributed by atoms with van der Waals surface area (Å²) in [5.74, 6) is -0.583. The van der Waals surface area contributed by atoms with Crippen LogP contribution in [0.5, 0.6) is 5.75 Å². The van der Waals surface area contributed by atoms with E-state index in [0.29, 0.717) is 28.4 Å². The molecule has 0 saturated carbocycles. The van der Waals surface area contributed by atoms with E-state index in [0.717, 1.165) is 0 Å². The molecule has 0 aliphatic heterocycles. The van der Waals surface area contributed by atoms with Crippen LogP contribution in [-0.4, -0.2) is 23.7 Å². The van der Waals surface area contributed by atoms with Crippen LogP contribution in [0.25, 0.3) is 21.9 Å². The van der Waals surface area contributed by atoms with Crippen LogP contribution in [0.3, 0.4) is 0 Å². The molecule has 0 spiro atoms. The number of alkyl carbamates (subject to hydrolysis) is 1. The number of rotatable bonds is 5. The highest BCUT2D eigenvalue weighted by Crippen LogP contribution is 2.24. The molecule has 31 heavy (non-hydrogen) atoms. The monoisotopic (exact) mass is 425 g/mol. The Hall–Kier alpha value is -3.35. The van der Waals surface area contributed by atoms with Gasteiger partial charge < -0.3 is 19.2 Å². The second-order valence-corrected chi connectivity index (χ2v) is 8.52. The molecule has 0 bridgehead atoms. The number of esters is 1. The van der Waals surface area contributed by atoms with Crippen molar-refractivity contribution in [3.05, 3.63) is 52.7 Å². The number of fused-ring (bicyclic) bond motifs is 2. The Morgan fingerprint density at radius 1 is 1.06 bits per heavy atom. The fraction of sp³-hybridized carbons (Fsp3) is 0.375. The van der Waals surface area contributed by atoms with E-state index in [1.54, 1.807) is 51.1 Å². The number of hydrogen-bond acceptors (Lipinski definition) is 6. The first kappa shape index (κ1) is 22.3. The number of hydrogen-bond donors (Lipinski definition) is 1. The van der Waals surface area contributed by atoms with Crippen molar-refractivity contribution >= 4 is 34.0 Å². The van der Waals surface area contributed by atoms with Gasteiger partial charge in [0.1, 0.15) is 28.6 Å². The van der Waals surface area contributed by atoms with E-state index in [-0.39, 0.29) is 17.1 Å². The Bertz CT molecular complexity index is 1170. The Morgan fingerprint density at radius 3 is 2.42 bits per heavy atom. The average Bonchev–Trinajstić information content (AvgIpc) is 2.70. The van der Waals surface area contributed by atoms with Crippen LogP contribution in [0.2, 0.25) is 0 Å².